The molecule has 0 atom stereocenters. The zero-order valence-corrected chi connectivity index (χ0v) is 7.96. The number of nitrogens with two attached hydrogens (primary N) is 1. The van der Waals surface area contributed by atoms with Crippen LogP contribution in [0.15, 0.2) is 36.5 Å². The van der Waals surface area contributed by atoms with Crippen molar-refractivity contribution in [3.63, 3.8) is 0 Å². The maximum atomic E-state index is 5.03. The first-order valence-corrected chi connectivity index (χ1v) is 4.60. The Bertz CT molecular complexity index is 306. The van der Waals surface area contributed by atoms with Gasteiger partial charge in [-0.25, -0.2) is 0 Å². The average molecular weight is 176 g/mol. The lowest BCUT2D eigenvalue weighted by atomic mass is 10.3. The van der Waals surface area contributed by atoms with Crippen LogP contribution in [0, 0.1) is 0 Å². The Morgan fingerprint density at radius 2 is 1.92 bits per heavy atom. The summed E-state index contributed by atoms with van der Waals surface area (Å²) in [4.78, 5) is 3.12. The van der Waals surface area contributed by atoms with Crippen LogP contribution in [0.4, 0.5) is 0 Å². The molecule has 0 aliphatic heterocycles. The van der Waals surface area contributed by atoms with Crippen molar-refractivity contribution in [1.29, 1.82) is 0 Å². The third kappa shape index (κ3) is 2.92. The molecule has 70 valence electrons. The van der Waals surface area contributed by atoms with Gasteiger partial charge in [0.25, 0.3) is 0 Å². The van der Waals surface area contributed by atoms with Crippen LogP contribution in [-0.4, -0.2) is 11.5 Å². The Morgan fingerprint density at radius 3 is 2.54 bits per heavy atom. The molecular weight excluding hydrogens is 160 g/mol. The summed E-state index contributed by atoms with van der Waals surface area (Å²) in [6.45, 7) is 2.88. The van der Waals surface area contributed by atoms with Gasteiger partial charge in [0.2, 0.25) is 0 Å². The van der Waals surface area contributed by atoms with Gasteiger partial charge in [0.15, 0.2) is 0 Å². The third-order valence-corrected chi connectivity index (χ3v) is 1.75. The van der Waals surface area contributed by atoms with E-state index in [9.17, 15) is 0 Å². The molecule has 13 heavy (non-hydrogen) atoms. The summed E-state index contributed by atoms with van der Waals surface area (Å²) in [7, 11) is 0. The number of benzene rings is 1. The number of rotatable bonds is 1. The van der Waals surface area contributed by atoms with Crippen molar-refractivity contribution in [3.8, 4) is 0 Å². The molecule has 0 unspecified atom stereocenters. The SMILES string of the molecule is CCCN.c1ccc2[nH]ccc2c1. The standard InChI is InChI=1S/C8H7N.C3H9N/c1-2-4-8-7(3-1)5-6-9-8;1-2-3-4/h1-6,9H;2-4H2,1H3. The molecule has 0 radical (unpaired) electrons. The van der Waals surface area contributed by atoms with E-state index in [0.29, 0.717) is 0 Å². The van der Waals surface area contributed by atoms with E-state index in [0.717, 1.165) is 13.0 Å². The van der Waals surface area contributed by atoms with Crippen molar-refractivity contribution >= 4 is 10.9 Å². The minimum atomic E-state index is 0.819. The molecule has 0 saturated carbocycles. The van der Waals surface area contributed by atoms with E-state index < -0.39 is 0 Å². The molecule has 1 aromatic carbocycles. The fraction of sp³-hybridized carbons (Fsp3) is 0.273. The summed E-state index contributed by atoms with van der Waals surface area (Å²) in [6, 6.07) is 10.3. The van der Waals surface area contributed by atoms with Crippen LogP contribution < -0.4 is 5.73 Å². The zero-order valence-electron chi connectivity index (χ0n) is 7.96. The molecular formula is C11H16N2. The number of hydrogen-bond acceptors (Lipinski definition) is 1. The molecule has 0 bridgehead atoms. The number of hydrogen-bond donors (Lipinski definition) is 2. The molecule has 0 fully saturated rings. The van der Waals surface area contributed by atoms with Crippen LogP contribution in [-0.2, 0) is 0 Å². The van der Waals surface area contributed by atoms with Crippen LogP contribution in [0.3, 0.4) is 0 Å². The molecule has 1 aromatic heterocycles. The highest BCUT2D eigenvalue weighted by molar-refractivity contribution is 5.78. The van der Waals surface area contributed by atoms with Gasteiger partial charge in [-0.3, -0.25) is 0 Å². The van der Waals surface area contributed by atoms with Gasteiger partial charge in [0, 0.05) is 11.7 Å². The molecule has 0 saturated heterocycles. The van der Waals surface area contributed by atoms with Gasteiger partial charge in [-0.05, 0) is 30.5 Å². The van der Waals surface area contributed by atoms with Crippen molar-refractivity contribution in [2.75, 3.05) is 6.54 Å². The van der Waals surface area contributed by atoms with Gasteiger partial charge in [-0.15, -0.1) is 0 Å². The van der Waals surface area contributed by atoms with Crippen molar-refractivity contribution in [2.45, 2.75) is 13.3 Å². The largest absolute Gasteiger partial charge is 0.361 e. The number of aromatic amines is 1. The van der Waals surface area contributed by atoms with E-state index in [1.165, 1.54) is 10.9 Å². The first kappa shape index (κ1) is 9.81. The number of aromatic nitrogens is 1. The number of para-hydroxylation sites is 1. The van der Waals surface area contributed by atoms with Crippen LogP contribution >= 0.6 is 0 Å². The number of nitrogens with one attached hydrogen (secondary N) is 1. The Labute approximate surface area is 78.8 Å². The maximum Gasteiger partial charge on any atom is 0.0453 e. The minimum Gasteiger partial charge on any atom is -0.361 e. The van der Waals surface area contributed by atoms with Crippen molar-refractivity contribution in [2.24, 2.45) is 5.73 Å². The summed E-state index contributed by atoms with van der Waals surface area (Å²) < 4.78 is 0. The van der Waals surface area contributed by atoms with E-state index in [1.54, 1.807) is 0 Å². The fourth-order valence-corrected chi connectivity index (χ4v) is 0.995. The lowest BCUT2D eigenvalue weighted by Gasteiger charge is -1.83. The molecule has 0 amide bonds. The van der Waals surface area contributed by atoms with Gasteiger partial charge in [0.1, 0.15) is 0 Å². The van der Waals surface area contributed by atoms with Gasteiger partial charge in [-0.2, -0.15) is 0 Å². The van der Waals surface area contributed by atoms with E-state index in [2.05, 4.69) is 30.1 Å². The molecule has 2 aromatic rings. The topological polar surface area (TPSA) is 41.8 Å². The van der Waals surface area contributed by atoms with Crippen molar-refractivity contribution in [1.82, 2.24) is 4.98 Å². The predicted octanol–water partition coefficient (Wildman–Crippen LogP) is 2.52. The van der Waals surface area contributed by atoms with Crippen molar-refractivity contribution in [3.05, 3.63) is 36.5 Å². The second kappa shape index (κ2) is 5.38. The molecule has 0 aliphatic rings. The smallest absolute Gasteiger partial charge is 0.0453 e. The molecule has 0 spiro atoms. The van der Waals surface area contributed by atoms with Gasteiger partial charge < -0.3 is 10.7 Å². The van der Waals surface area contributed by atoms with E-state index in [-0.39, 0.29) is 0 Å². The van der Waals surface area contributed by atoms with Crippen LogP contribution in [0.5, 0.6) is 0 Å². The lowest BCUT2D eigenvalue weighted by molar-refractivity contribution is 0.932. The average Bonchev–Trinajstić information content (AvgIpc) is 2.66. The van der Waals surface area contributed by atoms with Crippen LogP contribution in [0.2, 0.25) is 0 Å². The molecule has 2 rings (SSSR count). The second-order valence-electron chi connectivity index (χ2n) is 2.85. The lowest BCUT2D eigenvalue weighted by Crippen LogP contribution is -1.93. The Balaban J connectivity index is 0.000000184. The quantitative estimate of drug-likeness (QED) is 0.688. The second-order valence-corrected chi connectivity index (χ2v) is 2.85. The Morgan fingerprint density at radius 1 is 1.23 bits per heavy atom. The maximum absolute atomic E-state index is 5.03. The van der Waals surface area contributed by atoms with Crippen LogP contribution in [0.25, 0.3) is 10.9 Å². The summed E-state index contributed by atoms with van der Waals surface area (Å²) >= 11 is 0. The van der Waals surface area contributed by atoms with E-state index in [4.69, 9.17) is 5.73 Å². The highest BCUT2D eigenvalue weighted by Gasteiger charge is 1.86. The van der Waals surface area contributed by atoms with E-state index >= 15 is 0 Å². The Hall–Kier alpha value is -1.28. The number of H-pyrrole nitrogens is 1. The summed E-state index contributed by atoms with van der Waals surface area (Å²) in [5.74, 6) is 0. The molecule has 2 nitrogen and oxygen atoms in total. The monoisotopic (exact) mass is 176 g/mol. The minimum absolute atomic E-state index is 0.819. The zero-order chi connectivity index (χ0) is 9.52. The highest BCUT2D eigenvalue weighted by atomic mass is 14.7. The van der Waals surface area contributed by atoms with Crippen molar-refractivity contribution < 1.29 is 0 Å². The normalized spacial score (nSPS) is 9.38. The number of fused-ring (bicyclic) bond motifs is 1. The molecule has 3 N–H and O–H groups in total. The molecule has 1 heterocycles. The van der Waals surface area contributed by atoms with Crippen LogP contribution in [0.1, 0.15) is 13.3 Å². The molecule has 2 heteroatoms. The first-order valence-electron chi connectivity index (χ1n) is 4.60. The summed E-state index contributed by atoms with van der Waals surface area (Å²) in [6.07, 6.45) is 3.05. The third-order valence-electron chi connectivity index (χ3n) is 1.75. The van der Waals surface area contributed by atoms with Gasteiger partial charge >= 0.3 is 0 Å². The van der Waals surface area contributed by atoms with Gasteiger partial charge in [0.05, 0.1) is 0 Å². The van der Waals surface area contributed by atoms with Gasteiger partial charge in [-0.1, -0.05) is 25.1 Å². The molecule has 0 aliphatic carbocycles. The highest BCUT2D eigenvalue weighted by Crippen LogP contribution is 2.09. The fourth-order valence-electron chi connectivity index (χ4n) is 0.995. The van der Waals surface area contributed by atoms with E-state index in [1.807, 2.05) is 18.3 Å². The summed E-state index contributed by atoms with van der Waals surface area (Å²) in [5, 5.41) is 1.28. The Kier molecular flexibility index (Phi) is 4.06. The summed E-state index contributed by atoms with van der Waals surface area (Å²) in [5.41, 5.74) is 6.23. The first-order chi connectivity index (χ1) is 6.38. The predicted molar refractivity (Wildman–Crippen MR) is 57.6 cm³/mol.